The molecule has 3 rings (SSSR count). The maximum atomic E-state index is 4.58. The quantitative estimate of drug-likeness (QED) is 0.748. The van der Waals surface area contributed by atoms with Crippen LogP contribution in [-0.4, -0.2) is 5.37 Å². The summed E-state index contributed by atoms with van der Waals surface area (Å²) in [5.74, 6) is 0. The van der Waals surface area contributed by atoms with Crippen LogP contribution in [0.1, 0.15) is 6.92 Å². The van der Waals surface area contributed by atoms with Gasteiger partial charge in [0, 0.05) is 15.5 Å². The lowest BCUT2D eigenvalue weighted by molar-refractivity contribution is 0.961. The van der Waals surface area contributed by atoms with E-state index in [1.165, 1.54) is 16.3 Å². The standard InChI is InChI=1S/C14H13NS2/c1-10-15(11-6-3-2-4-7-11)14-12(16)8-5-9-13(14)17-10/h2-10,16H,1H3. The molecule has 1 unspecified atom stereocenters. The molecular formula is C14H13NS2. The zero-order chi connectivity index (χ0) is 11.8. The van der Waals surface area contributed by atoms with Gasteiger partial charge in [-0.15, -0.1) is 12.6 Å². The number of thioether (sulfide) groups is 1. The Morgan fingerprint density at radius 3 is 2.59 bits per heavy atom. The van der Waals surface area contributed by atoms with E-state index in [1.54, 1.807) is 0 Å². The van der Waals surface area contributed by atoms with E-state index in [-0.39, 0.29) is 0 Å². The second kappa shape index (κ2) is 4.31. The van der Waals surface area contributed by atoms with Gasteiger partial charge in [-0.1, -0.05) is 36.0 Å². The van der Waals surface area contributed by atoms with Gasteiger partial charge in [-0.3, -0.25) is 0 Å². The molecule has 1 nitrogen and oxygen atoms in total. The Balaban J connectivity index is 2.14. The number of para-hydroxylation sites is 2. The molecule has 1 atom stereocenters. The normalized spacial score (nSPS) is 18.2. The molecule has 0 N–H and O–H groups in total. The monoisotopic (exact) mass is 259 g/mol. The highest BCUT2D eigenvalue weighted by Crippen LogP contribution is 2.49. The van der Waals surface area contributed by atoms with E-state index in [2.05, 4.69) is 66.9 Å². The van der Waals surface area contributed by atoms with Crippen LogP contribution in [0.3, 0.4) is 0 Å². The van der Waals surface area contributed by atoms with Gasteiger partial charge in [-0.25, -0.2) is 0 Å². The third-order valence-corrected chi connectivity index (χ3v) is 4.41. The first-order valence-corrected chi connectivity index (χ1v) is 6.93. The number of thiol groups is 1. The van der Waals surface area contributed by atoms with Crippen molar-refractivity contribution in [3.8, 4) is 0 Å². The van der Waals surface area contributed by atoms with Crippen molar-refractivity contribution in [3.05, 3.63) is 48.5 Å². The van der Waals surface area contributed by atoms with Crippen molar-refractivity contribution < 1.29 is 0 Å². The van der Waals surface area contributed by atoms with E-state index in [0.29, 0.717) is 5.37 Å². The predicted molar refractivity (Wildman–Crippen MR) is 77.6 cm³/mol. The van der Waals surface area contributed by atoms with Gasteiger partial charge in [-0.05, 0) is 31.2 Å². The second-order valence-electron chi connectivity index (χ2n) is 4.05. The second-order valence-corrected chi connectivity index (χ2v) is 5.89. The summed E-state index contributed by atoms with van der Waals surface area (Å²) in [4.78, 5) is 4.71. The number of hydrogen-bond donors (Lipinski definition) is 1. The number of anilines is 2. The molecule has 17 heavy (non-hydrogen) atoms. The molecule has 3 heteroatoms. The van der Waals surface area contributed by atoms with Gasteiger partial charge in [-0.2, -0.15) is 0 Å². The lowest BCUT2D eigenvalue weighted by Gasteiger charge is -2.24. The van der Waals surface area contributed by atoms with E-state index in [9.17, 15) is 0 Å². The summed E-state index contributed by atoms with van der Waals surface area (Å²) in [6, 6.07) is 16.8. The molecule has 0 aliphatic carbocycles. The minimum Gasteiger partial charge on any atom is -0.327 e. The number of fused-ring (bicyclic) bond motifs is 1. The van der Waals surface area contributed by atoms with Gasteiger partial charge < -0.3 is 4.90 Å². The number of benzene rings is 2. The molecular weight excluding hydrogens is 246 g/mol. The largest absolute Gasteiger partial charge is 0.327 e. The molecule has 1 aliphatic heterocycles. The van der Waals surface area contributed by atoms with Crippen molar-refractivity contribution in [2.24, 2.45) is 0 Å². The average Bonchev–Trinajstić information content (AvgIpc) is 2.68. The molecule has 0 spiro atoms. The fourth-order valence-electron chi connectivity index (χ4n) is 2.19. The minimum absolute atomic E-state index is 0.417. The first-order chi connectivity index (χ1) is 8.27. The van der Waals surface area contributed by atoms with Crippen molar-refractivity contribution in [2.45, 2.75) is 22.1 Å². The molecule has 0 aromatic heterocycles. The smallest absolute Gasteiger partial charge is 0.0819 e. The summed E-state index contributed by atoms with van der Waals surface area (Å²) in [7, 11) is 0. The van der Waals surface area contributed by atoms with Gasteiger partial charge in [0.25, 0.3) is 0 Å². The Morgan fingerprint density at radius 2 is 1.82 bits per heavy atom. The van der Waals surface area contributed by atoms with Crippen molar-refractivity contribution in [2.75, 3.05) is 4.90 Å². The van der Waals surface area contributed by atoms with E-state index in [1.807, 2.05) is 17.8 Å². The maximum absolute atomic E-state index is 4.58. The average molecular weight is 259 g/mol. The highest BCUT2D eigenvalue weighted by molar-refractivity contribution is 8.00. The van der Waals surface area contributed by atoms with Crippen molar-refractivity contribution >= 4 is 35.8 Å². The van der Waals surface area contributed by atoms with E-state index >= 15 is 0 Å². The molecule has 0 radical (unpaired) electrons. The van der Waals surface area contributed by atoms with Crippen LogP contribution in [0, 0.1) is 0 Å². The summed E-state index contributed by atoms with van der Waals surface area (Å²) in [6.07, 6.45) is 0. The Morgan fingerprint density at radius 1 is 1.06 bits per heavy atom. The van der Waals surface area contributed by atoms with E-state index in [4.69, 9.17) is 0 Å². The van der Waals surface area contributed by atoms with Crippen LogP contribution in [0.15, 0.2) is 58.3 Å². The highest BCUT2D eigenvalue weighted by Gasteiger charge is 2.29. The van der Waals surface area contributed by atoms with Crippen LogP contribution in [0.5, 0.6) is 0 Å². The summed E-state index contributed by atoms with van der Waals surface area (Å²) in [6.45, 7) is 2.23. The Kier molecular flexibility index (Phi) is 2.81. The molecule has 2 aromatic rings. The zero-order valence-corrected chi connectivity index (χ0v) is 11.2. The van der Waals surface area contributed by atoms with Crippen LogP contribution in [0.4, 0.5) is 11.4 Å². The summed E-state index contributed by atoms with van der Waals surface area (Å²) >= 11 is 6.47. The molecule has 0 amide bonds. The van der Waals surface area contributed by atoms with E-state index in [0.717, 1.165) is 4.90 Å². The third kappa shape index (κ3) is 1.83. The predicted octanol–water partition coefficient (Wildman–Crippen LogP) is 4.57. The SMILES string of the molecule is CC1Sc2cccc(S)c2N1c1ccccc1. The summed E-state index contributed by atoms with van der Waals surface area (Å²) < 4.78 is 0. The Labute approximate surface area is 111 Å². The number of nitrogens with zero attached hydrogens (tertiary/aromatic N) is 1. The van der Waals surface area contributed by atoms with Gasteiger partial charge in [0.1, 0.15) is 0 Å². The summed E-state index contributed by atoms with van der Waals surface area (Å²) in [5, 5.41) is 0.417. The molecule has 1 heterocycles. The van der Waals surface area contributed by atoms with E-state index < -0.39 is 0 Å². The highest BCUT2D eigenvalue weighted by atomic mass is 32.2. The molecule has 0 saturated heterocycles. The molecule has 1 aliphatic rings. The first-order valence-electron chi connectivity index (χ1n) is 5.60. The van der Waals surface area contributed by atoms with Crippen LogP contribution < -0.4 is 4.90 Å². The third-order valence-electron chi connectivity index (χ3n) is 2.91. The van der Waals surface area contributed by atoms with Crippen LogP contribution in [0.25, 0.3) is 0 Å². The van der Waals surface area contributed by atoms with Crippen molar-refractivity contribution in [1.29, 1.82) is 0 Å². The summed E-state index contributed by atoms with van der Waals surface area (Å²) in [5.41, 5.74) is 2.47. The van der Waals surface area contributed by atoms with Gasteiger partial charge in [0.05, 0.1) is 11.1 Å². The van der Waals surface area contributed by atoms with Gasteiger partial charge in [0.15, 0.2) is 0 Å². The molecule has 86 valence electrons. The van der Waals surface area contributed by atoms with Gasteiger partial charge >= 0.3 is 0 Å². The van der Waals surface area contributed by atoms with Gasteiger partial charge in [0.2, 0.25) is 0 Å². The van der Waals surface area contributed by atoms with Crippen LogP contribution in [0.2, 0.25) is 0 Å². The topological polar surface area (TPSA) is 3.24 Å². The maximum Gasteiger partial charge on any atom is 0.0819 e. The van der Waals surface area contributed by atoms with Crippen molar-refractivity contribution in [1.82, 2.24) is 0 Å². The lowest BCUT2D eigenvalue weighted by Crippen LogP contribution is -2.20. The molecule has 2 aromatic carbocycles. The zero-order valence-electron chi connectivity index (χ0n) is 9.50. The molecule has 0 fully saturated rings. The minimum atomic E-state index is 0.417. The molecule has 0 saturated carbocycles. The fraction of sp³-hybridized carbons (Fsp3) is 0.143. The van der Waals surface area contributed by atoms with Crippen LogP contribution in [-0.2, 0) is 0 Å². The first kappa shape index (κ1) is 11.1. The lowest BCUT2D eigenvalue weighted by atomic mass is 10.2. The number of hydrogen-bond acceptors (Lipinski definition) is 3. The number of rotatable bonds is 1. The molecule has 0 bridgehead atoms. The Hall–Kier alpha value is -1.06. The fourth-order valence-corrected chi connectivity index (χ4v) is 3.76. The van der Waals surface area contributed by atoms with Crippen LogP contribution >= 0.6 is 24.4 Å². The Bertz CT molecular complexity index is 539. The van der Waals surface area contributed by atoms with Crippen molar-refractivity contribution in [3.63, 3.8) is 0 Å².